The average molecular weight is 284 g/mol. The second-order valence-corrected chi connectivity index (χ2v) is 6.21. The Hall–Kier alpha value is -1.93. The van der Waals surface area contributed by atoms with E-state index in [0.29, 0.717) is 12.1 Å². The van der Waals surface area contributed by atoms with Crippen LogP contribution in [0, 0.1) is 18.3 Å². The first-order valence-corrected chi connectivity index (χ1v) is 7.60. The van der Waals surface area contributed by atoms with E-state index in [1.807, 2.05) is 24.9 Å². The third-order valence-electron chi connectivity index (χ3n) is 3.58. The summed E-state index contributed by atoms with van der Waals surface area (Å²) in [4.78, 5) is 11.2. The summed E-state index contributed by atoms with van der Waals surface area (Å²) in [5.41, 5.74) is 4.09. The van der Waals surface area contributed by atoms with Gasteiger partial charge in [0.1, 0.15) is 11.9 Å². The predicted octanol–water partition coefficient (Wildman–Crippen LogP) is 2.84. The number of hydrogen-bond acceptors (Lipinski definition) is 5. The molecule has 2 aromatic rings. The lowest BCUT2D eigenvalue weighted by Crippen LogP contribution is -2.20. The van der Waals surface area contributed by atoms with Crippen LogP contribution < -0.4 is 4.90 Å². The summed E-state index contributed by atoms with van der Waals surface area (Å²) in [6, 6.07) is 4.28. The molecule has 2 aromatic heterocycles. The number of nitrogens with zero attached hydrogens (tertiary/aromatic N) is 4. The number of fused-ring (bicyclic) bond motifs is 1. The molecule has 20 heavy (non-hydrogen) atoms. The number of hydrogen-bond donors (Lipinski definition) is 0. The van der Waals surface area contributed by atoms with Gasteiger partial charge in [0, 0.05) is 18.1 Å². The molecule has 2 heterocycles. The fourth-order valence-corrected chi connectivity index (χ4v) is 3.24. The molecular weight excluding hydrogens is 268 g/mol. The van der Waals surface area contributed by atoms with E-state index < -0.39 is 0 Å². The smallest absolute Gasteiger partial charge is 0.146 e. The lowest BCUT2D eigenvalue weighted by molar-refractivity contribution is 0.854. The minimum absolute atomic E-state index is 0.667. The van der Waals surface area contributed by atoms with Crippen LogP contribution in [0.5, 0.6) is 0 Å². The number of nitriles is 1. The molecule has 102 valence electrons. The largest absolute Gasteiger partial charge is 0.353 e. The molecule has 1 aliphatic carbocycles. The minimum Gasteiger partial charge on any atom is -0.353 e. The zero-order chi connectivity index (χ0) is 14.1. The molecule has 5 heteroatoms. The van der Waals surface area contributed by atoms with Crippen LogP contribution in [0.15, 0.2) is 11.4 Å². The Bertz CT molecular complexity index is 684. The zero-order valence-corrected chi connectivity index (χ0v) is 12.5. The van der Waals surface area contributed by atoms with Gasteiger partial charge in [-0.2, -0.15) is 5.26 Å². The van der Waals surface area contributed by atoms with Crippen molar-refractivity contribution in [1.29, 1.82) is 5.26 Å². The fraction of sp³-hybridized carbons (Fsp3) is 0.400. The normalized spacial score (nSPS) is 13.1. The molecule has 0 aromatic carbocycles. The van der Waals surface area contributed by atoms with Gasteiger partial charge in [-0.25, -0.2) is 9.97 Å². The maximum Gasteiger partial charge on any atom is 0.146 e. The molecule has 0 N–H and O–H groups in total. The highest BCUT2D eigenvalue weighted by Gasteiger charge is 2.18. The molecule has 0 fully saturated rings. The molecule has 0 atom stereocenters. The molecule has 0 saturated carbocycles. The summed E-state index contributed by atoms with van der Waals surface area (Å²) in [6.45, 7) is 2.69. The molecule has 0 unspecified atom stereocenters. The van der Waals surface area contributed by atoms with Gasteiger partial charge < -0.3 is 4.90 Å². The first kappa shape index (κ1) is 13.1. The number of aromatic nitrogens is 2. The minimum atomic E-state index is 0.667. The van der Waals surface area contributed by atoms with Gasteiger partial charge >= 0.3 is 0 Å². The molecule has 0 spiro atoms. The fourth-order valence-electron chi connectivity index (χ4n) is 2.63. The Morgan fingerprint density at radius 2 is 2.25 bits per heavy atom. The molecule has 4 nitrogen and oxygen atoms in total. The van der Waals surface area contributed by atoms with Gasteiger partial charge in [-0.3, -0.25) is 0 Å². The van der Waals surface area contributed by atoms with Gasteiger partial charge in [0.05, 0.1) is 22.8 Å². The molecule has 0 aliphatic heterocycles. The molecule has 0 radical (unpaired) electrons. The molecule has 0 bridgehead atoms. The van der Waals surface area contributed by atoms with Crippen LogP contribution in [0.25, 0.3) is 0 Å². The van der Waals surface area contributed by atoms with Crippen LogP contribution in [-0.2, 0) is 19.4 Å². The summed E-state index contributed by atoms with van der Waals surface area (Å²) >= 11 is 1.65. The second kappa shape index (κ2) is 5.22. The molecular formula is C15H16N4S. The van der Waals surface area contributed by atoms with Crippen LogP contribution in [0.3, 0.4) is 0 Å². The van der Waals surface area contributed by atoms with Crippen LogP contribution in [-0.4, -0.2) is 17.0 Å². The lowest BCUT2D eigenvalue weighted by Gasteiger charge is -2.19. The topological polar surface area (TPSA) is 52.8 Å². The molecule has 0 saturated heterocycles. The van der Waals surface area contributed by atoms with E-state index in [4.69, 9.17) is 4.98 Å². The Morgan fingerprint density at radius 3 is 2.95 bits per heavy atom. The van der Waals surface area contributed by atoms with Gasteiger partial charge in [-0.15, -0.1) is 11.3 Å². The summed E-state index contributed by atoms with van der Waals surface area (Å²) in [5.74, 6) is 0.777. The molecule has 3 rings (SSSR count). The van der Waals surface area contributed by atoms with Crippen molar-refractivity contribution in [3.05, 3.63) is 39.0 Å². The number of aryl methyl sites for hydroxylation is 3. The van der Waals surface area contributed by atoms with Gasteiger partial charge in [-0.1, -0.05) is 0 Å². The van der Waals surface area contributed by atoms with E-state index >= 15 is 0 Å². The first-order chi connectivity index (χ1) is 9.67. The summed E-state index contributed by atoms with van der Waals surface area (Å²) in [6.07, 6.45) is 3.22. The van der Waals surface area contributed by atoms with Crippen LogP contribution in [0.1, 0.15) is 33.9 Å². The van der Waals surface area contributed by atoms with Gasteiger partial charge in [0.2, 0.25) is 0 Å². The number of pyridine rings is 1. The van der Waals surface area contributed by atoms with Crippen molar-refractivity contribution in [1.82, 2.24) is 9.97 Å². The Kier molecular flexibility index (Phi) is 3.41. The van der Waals surface area contributed by atoms with Crippen molar-refractivity contribution >= 4 is 17.2 Å². The van der Waals surface area contributed by atoms with Crippen LogP contribution in [0.2, 0.25) is 0 Å². The van der Waals surface area contributed by atoms with E-state index in [-0.39, 0.29) is 0 Å². The van der Waals surface area contributed by atoms with Crippen molar-refractivity contribution in [2.45, 2.75) is 32.7 Å². The number of rotatable bonds is 3. The third-order valence-corrected chi connectivity index (χ3v) is 4.40. The van der Waals surface area contributed by atoms with Gasteiger partial charge in [-0.05, 0) is 37.8 Å². The summed E-state index contributed by atoms with van der Waals surface area (Å²) < 4.78 is 0. The van der Waals surface area contributed by atoms with E-state index in [2.05, 4.69) is 16.4 Å². The quantitative estimate of drug-likeness (QED) is 0.869. The maximum atomic E-state index is 9.34. The SMILES string of the molecule is Cc1nc(CN(C)c2nc3c(cc2C#N)CCC3)cs1. The lowest BCUT2D eigenvalue weighted by atomic mass is 10.1. The van der Waals surface area contributed by atoms with Crippen LogP contribution >= 0.6 is 11.3 Å². The molecule has 1 aliphatic rings. The highest BCUT2D eigenvalue weighted by atomic mass is 32.1. The van der Waals surface area contributed by atoms with E-state index in [0.717, 1.165) is 41.5 Å². The van der Waals surface area contributed by atoms with E-state index in [1.165, 1.54) is 5.56 Å². The number of thiazole rings is 1. The van der Waals surface area contributed by atoms with Crippen molar-refractivity contribution < 1.29 is 0 Å². The average Bonchev–Trinajstić information content (AvgIpc) is 3.05. The van der Waals surface area contributed by atoms with Gasteiger partial charge in [0.15, 0.2) is 0 Å². The molecule has 0 amide bonds. The highest BCUT2D eigenvalue weighted by Crippen LogP contribution is 2.27. The Balaban J connectivity index is 1.91. The monoisotopic (exact) mass is 284 g/mol. The van der Waals surface area contributed by atoms with Crippen molar-refractivity contribution in [3.8, 4) is 6.07 Å². The highest BCUT2D eigenvalue weighted by molar-refractivity contribution is 7.09. The van der Waals surface area contributed by atoms with E-state index in [1.54, 1.807) is 11.3 Å². The second-order valence-electron chi connectivity index (χ2n) is 5.14. The summed E-state index contributed by atoms with van der Waals surface area (Å²) in [5, 5.41) is 12.5. The maximum absolute atomic E-state index is 9.34. The standard InChI is InChI=1S/C15H16N4S/c1-10-17-13(9-20-10)8-19(2)15-12(7-16)6-11-4-3-5-14(11)18-15/h6,9H,3-5,8H2,1-2H3. The number of anilines is 1. The Morgan fingerprint density at radius 1 is 1.40 bits per heavy atom. The van der Waals surface area contributed by atoms with Crippen LogP contribution in [0.4, 0.5) is 5.82 Å². The van der Waals surface area contributed by atoms with E-state index in [9.17, 15) is 5.26 Å². The predicted molar refractivity (Wildman–Crippen MR) is 79.9 cm³/mol. The van der Waals surface area contributed by atoms with Gasteiger partial charge in [0.25, 0.3) is 0 Å². The van der Waals surface area contributed by atoms with Crippen molar-refractivity contribution in [2.24, 2.45) is 0 Å². The van der Waals surface area contributed by atoms with Crippen molar-refractivity contribution in [3.63, 3.8) is 0 Å². The van der Waals surface area contributed by atoms with Crippen molar-refractivity contribution in [2.75, 3.05) is 11.9 Å². The Labute approximate surface area is 122 Å². The summed E-state index contributed by atoms with van der Waals surface area (Å²) in [7, 11) is 1.97. The first-order valence-electron chi connectivity index (χ1n) is 6.72. The third kappa shape index (κ3) is 2.39. The zero-order valence-electron chi connectivity index (χ0n) is 11.7.